The number of carbonyl (C=O) groups excluding carboxylic acids is 1. The third-order valence-electron chi connectivity index (χ3n) is 2.92. The predicted octanol–water partition coefficient (Wildman–Crippen LogP) is 2.67. The van der Waals surface area contributed by atoms with Crippen LogP contribution in [0.2, 0.25) is 0 Å². The van der Waals surface area contributed by atoms with E-state index in [0.29, 0.717) is 13.0 Å². The number of rotatable bonds is 6. The van der Waals surface area contributed by atoms with E-state index in [2.05, 4.69) is 18.3 Å². The summed E-state index contributed by atoms with van der Waals surface area (Å²) >= 11 is 0. The number of benzene rings is 1. The molecule has 1 aromatic rings. The number of carbonyl (C=O) groups is 1. The van der Waals surface area contributed by atoms with Gasteiger partial charge in [0.25, 0.3) is 0 Å². The molecule has 0 heterocycles. The van der Waals surface area contributed by atoms with Crippen molar-refractivity contribution in [1.29, 1.82) is 0 Å². The highest BCUT2D eigenvalue weighted by atomic mass is 16.2. The molecule has 0 saturated carbocycles. The van der Waals surface area contributed by atoms with Crippen LogP contribution in [0.25, 0.3) is 0 Å². The van der Waals surface area contributed by atoms with Crippen molar-refractivity contribution in [2.45, 2.75) is 27.2 Å². The quantitative estimate of drug-likeness (QED) is 0.820. The molecule has 1 aromatic carbocycles. The van der Waals surface area contributed by atoms with Crippen molar-refractivity contribution in [2.75, 3.05) is 25.0 Å². The molecule has 0 aromatic heterocycles. The van der Waals surface area contributed by atoms with E-state index in [-0.39, 0.29) is 5.91 Å². The van der Waals surface area contributed by atoms with Crippen LogP contribution in [-0.4, -0.2) is 30.4 Å². The van der Waals surface area contributed by atoms with E-state index in [1.165, 1.54) is 5.56 Å². The largest absolute Gasteiger partial charge is 0.384 e. The van der Waals surface area contributed by atoms with Crippen LogP contribution >= 0.6 is 0 Å². The summed E-state index contributed by atoms with van der Waals surface area (Å²) in [7, 11) is 0. The van der Waals surface area contributed by atoms with Crippen molar-refractivity contribution in [3.63, 3.8) is 0 Å². The molecule has 94 valence electrons. The van der Waals surface area contributed by atoms with Crippen LogP contribution in [0.3, 0.4) is 0 Å². The average Bonchev–Trinajstić information content (AvgIpc) is 2.33. The fourth-order valence-electron chi connectivity index (χ4n) is 1.81. The summed E-state index contributed by atoms with van der Waals surface area (Å²) < 4.78 is 0. The zero-order chi connectivity index (χ0) is 12.7. The maximum Gasteiger partial charge on any atom is 0.224 e. The standard InChI is InChI=1S/C14H22N2O/c1-4-16(5-2)14(17)10-11-15-13-9-7-6-8-12(13)3/h6-9,15H,4-5,10-11H2,1-3H3. The number of hydrogen-bond donors (Lipinski definition) is 1. The van der Waals surface area contributed by atoms with E-state index < -0.39 is 0 Å². The molecule has 0 aliphatic heterocycles. The van der Waals surface area contributed by atoms with Crippen LogP contribution in [0.1, 0.15) is 25.8 Å². The molecule has 0 radical (unpaired) electrons. The van der Waals surface area contributed by atoms with Gasteiger partial charge in [0.2, 0.25) is 5.91 Å². The first-order chi connectivity index (χ1) is 8.19. The minimum absolute atomic E-state index is 0.219. The van der Waals surface area contributed by atoms with Gasteiger partial charge in [-0.15, -0.1) is 0 Å². The Bertz CT molecular complexity index is 359. The molecule has 0 aliphatic carbocycles. The van der Waals surface area contributed by atoms with E-state index in [4.69, 9.17) is 0 Å². The number of hydrogen-bond acceptors (Lipinski definition) is 2. The highest BCUT2D eigenvalue weighted by molar-refractivity contribution is 5.76. The van der Waals surface area contributed by atoms with Gasteiger partial charge in [-0.05, 0) is 32.4 Å². The van der Waals surface area contributed by atoms with Crippen LogP contribution in [0, 0.1) is 6.92 Å². The van der Waals surface area contributed by atoms with Gasteiger partial charge < -0.3 is 10.2 Å². The second-order valence-corrected chi connectivity index (χ2v) is 4.06. The van der Waals surface area contributed by atoms with Crippen molar-refractivity contribution < 1.29 is 4.79 Å². The van der Waals surface area contributed by atoms with Crippen molar-refractivity contribution in [2.24, 2.45) is 0 Å². The summed E-state index contributed by atoms with van der Waals surface area (Å²) in [6.45, 7) is 8.36. The normalized spacial score (nSPS) is 10.1. The first kappa shape index (κ1) is 13.6. The Morgan fingerprint density at radius 2 is 1.88 bits per heavy atom. The van der Waals surface area contributed by atoms with Crippen LogP contribution in [0.5, 0.6) is 0 Å². The first-order valence-electron chi connectivity index (χ1n) is 6.26. The minimum Gasteiger partial charge on any atom is -0.384 e. The van der Waals surface area contributed by atoms with Gasteiger partial charge in [-0.25, -0.2) is 0 Å². The fourth-order valence-corrected chi connectivity index (χ4v) is 1.81. The van der Waals surface area contributed by atoms with E-state index in [0.717, 1.165) is 18.8 Å². The van der Waals surface area contributed by atoms with Gasteiger partial charge >= 0.3 is 0 Å². The Labute approximate surface area is 104 Å². The van der Waals surface area contributed by atoms with Crippen LogP contribution in [0.15, 0.2) is 24.3 Å². The maximum atomic E-state index is 11.8. The number of amides is 1. The van der Waals surface area contributed by atoms with Gasteiger partial charge in [0.1, 0.15) is 0 Å². The molecule has 0 aliphatic rings. The van der Waals surface area contributed by atoms with E-state index in [9.17, 15) is 4.79 Å². The molecule has 1 amide bonds. The monoisotopic (exact) mass is 234 g/mol. The lowest BCUT2D eigenvalue weighted by atomic mass is 10.2. The number of para-hydroxylation sites is 1. The molecule has 0 unspecified atom stereocenters. The molecule has 1 rings (SSSR count). The summed E-state index contributed by atoms with van der Waals surface area (Å²) in [6, 6.07) is 8.12. The van der Waals surface area contributed by atoms with Crippen molar-refractivity contribution in [3.8, 4) is 0 Å². The Morgan fingerprint density at radius 3 is 2.47 bits per heavy atom. The minimum atomic E-state index is 0.219. The molecule has 1 N–H and O–H groups in total. The van der Waals surface area contributed by atoms with Gasteiger partial charge in [-0.1, -0.05) is 18.2 Å². The molecule has 17 heavy (non-hydrogen) atoms. The molecule has 0 saturated heterocycles. The Balaban J connectivity index is 2.38. The van der Waals surface area contributed by atoms with Crippen LogP contribution in [-0.2, 0) is 4.79 Å². The van der Waals surface area contributed by atoms with Gasteiger partial charge in [-0.2, -0.15) is 0 Å². The molecule has 0 spiro atoms. The van der Waals surface area contributed by atoms with Crippen molar-refractivity contribution >= 4 is 11.6 Å². The van der Waals surface area contributed by atoms with Crippen molar-refractivity contribution in [1.82, 2.24) is 4.90 Å². The van der Waals surface area contributed by atoms with Gasteiger partial charge in [-0.3, -0.25) is 4.79 Å². The second kappa shape index (κ2) is 6.94. The highest BCUT2D eigenvalue weighted by Gasteiger charge is 2.08. The number of aryl methyl sites for hydroxylation is 1. The number of nitrogens with one attached hydrogen (secondary N) is 1. The molecule has 3 nitrogen and oxygen atoms in total. The maximum absolute atomic E-state index is 11.8. The number of anilines is 1. The molecule has 3 heteroatoms. The molecule has 0 fully saturated rings. The second-order valence-electron chi connectivity index (χ2n) is 4.06. The summed E-state index contributed by atoms with van der Waals surface area (Å²) in [5.74, 6) is 0.219. The van der Waals surface area contributed by atoms with Crippen molar-refractivity contribution in [3.05, 3.63) is 29.8 Å². The predicted molar refractivity (Wildman–Crippen MR) is 72.2 cm³/mol. The molecule has 0 bridgehead atoms. The number of nitrogens with zero attached hydrogens (tertiary/aromatic N) is 1. The lowest BCUT2D eigenvalue weighted by molar-refractivity contribution is -0.130. The molecular weight excluding hydrogens is 212 g/mol. The third kappa shape index (κ3) is 4.10. The zero-order valence-corrected chi connectivity index (χ0v) is 11.0. The highest BCUT2D eigenvalue weighted by Crippen LogP contribution is 2.12. The zero-order valence-electron chi connectivity index (χ0n) is 11.0. The Kier molecular flexibility index (Phi) is 5.53. The topological polar surface area (TPSA) is 32.3 Å². The van der Waals surface area contributed by atoms with E-state index >= 15 is 0 Å². The summed E-state index contributed by atoms with van der Waals surface area (Å²) in [5.41, 5.74) is 2.32. The van der Waals surface area contributed by atoms with E-state index in [1.807, 2.05) is 36.9 Å². The fraction of sp³-hybridized carbons (Fsp3) is 0.500. The van der Waals surface area contributed by atoms with Gasteiger partial charge in [0, 0.05) is 31.7 Å². The lowest BCUT2D eigenvalue weighted by Crippen LogP contribution is -2.31. The van der Waals surface area contributed by atoms with Crippen LogP contribution < -0.4 is 5.32 Å². The van der Waals surface area contributed by atoms with Gasteiger partial charge in [0.05, 0.1) is 0 Å². The van der Waals surface area contributed by atoms with Crippen LogP contribution in [0.4, 0.5) is 5.69 Å². The lowest BCUT2D eigenvalue weighted by Gasteiger charge is -2.19. The Morgan fingerprint density at radius 1 is 1.24 bits per heavy atom. The summed E-state index contributed by atoms with van der Waals surface area (Å²) in [6.07, 6.45) is 0.552. The van der Waals surface area contributed by atoms with E-state index in [1.54, 1.807) is 0 Å². The SMILES string of the molecule is CCN(CC)C(=O)CCNc1ccccc1C. The smallest absolute Gasteiger partial charge is 0.224 e. The summed E-state index contributed by atoms with van der Waals surface area (Å²) in [5, 5.41) is 3.30. The average molecular weight is 234 g/mol. The summed E-state index contributed by atoms with van der Waals surface area (Å²) in [4.78, 5) is 13.6. The molecule has 0 atom stereocenters. The first-order valence-corrected chi connectivity index (χ1v) is 6.26. The Hall–Kier alpha value is -1.51. The molecular formula is C14H22N2O. The third-order valence-corrected chi connectivity index (χ3v) is 2.92. The van der Waals surface area contributed by atoms with Gasteiger partial charge in [0.15, 0.2) is 0 Å².